The second-order valence-electron chi connectivity index (χ2n) is 6.51. The van der Waals surface area contributed by atoms with Crippen LogP contribution in [0, 0.1) is 30.1 Å². The normalized spacial score (nSPS) is 25.5. The molecule has 2 aliphatic rings. The molecule has 2 aromatic rings. The predicted molar refractivity (Wildman–Crippen MR) is 82.9 cm³/mol. The molecule has 1 unspecified atom stereocenters. The minimum absolute atomic E-state index is 0.0345. The van der Waals surface area contributed by atoms with Crippen LogP contribution in [0.15, 0.2) is 35.1 Å². The monoisotopic (exact) mass is 291 g/mol. The average molecular weight is 291 g/mol. The first kappa shape index (κ1) is 13.3. The molecule has 110 valence electrons. The molecule has 2 saturated carbocycles. The molecule has 1 aromatic heterocycles. The van der Waals surface area contributed by atoms with Crippen LogP contribution in [0.1, 0.15) is 42.3 Å². The molecule has 1 aromatic carbocycles. The molecule has 4 rings (SSSR count). The largest absolute Gasteiger partial charge is 0.269 e. The molecule has 0 bridgehead atoms. The molecule has 4 heteroatoms. The molecular formula is C18H17N3O. The third-order valence-electron chi connectivity index (χ3n) is 4.94. The van der Waals surface area contributed by atoms with Crippen LogP contribution in [0.3, 0.4) is 0 Å². The molecule has 0 amide bonds. The number of aromatic nitrogens is 2. The molecule has 1 heterocycles. The van der Waals surface area contributed by atoms with Crippen LogP contribution in [0.4, 0.5) is 0 Å². The second-order valence-corrected chi connectivity index (χ2v) is 6.51. The molecule has 3 atom stereocenters. The van der Waals surface area contributed by atoms with Gasteiger partial charge in [-0.3, -0.25) is 9.36 Å². The Morgan fingerprint density at radius 3 is 2.50 bits per heavy atom. The van der Waals surface area contributed by atoms with Gasteiger partial charge in [-0.2, -0.15) is 5.26 Å². The van der Waals surface area contributed by atoms with Gasteiger partial charge in [0.2, 0.25) is 0 Å². The minimum Gasteiger partial charge on any atom is -0.269 e. The standard InChI is InChI=1S/C18H17N3O/c1-11-6-17(22)21(16-4-2-12(10-19)3-5-16)18(20-11)15-8-13-7-14(13)9-15/h2-6,13-15H,7-9H2,1H3/t13-,14+,15?. The van der Waals surface area contributed by atoms with E-state index < -0.39 is 0 Å². The summed E-state index contributed by atoms with van der Waals surface area (Å²) >= 11 is 0. The van der Waals surface area contributed by atoms with Crippen LogP contribution < -0.4 is 5.56 Å². The number of nitrogens with zero attached hydrogens (tertiary/aromatic N) is 3. The molecule has 22 heavy (non-hydrogen) atoms. The Hall–Kier alpha value is -2.41. The topological polar surface area (TPSA) is 58.7 Å². The lowest BCUT2D eigenvalue weighted by atomic mass is 10.0. The van der Waals surface area contributed by atoms with Crippen molar-refractivity contribution in [2.45, 2.75) is 32.1 Å². The summed E-state index contributed by atoms with van der Waals surface area (Å²) in [5.74, 6) is 2.96. The maximum Gasteiger partial charge on any atom is 0.258 e. The highest BCUT2D eigenvalue weighted by molar-refractivity contribution is 5.40. The van der Waals surface area contributed by atoms with Gasteiger partial charge in [-0.25, -0.2) is 4.98 Å². The summed E-state index contributed by atoms with van der Waals surface area (Å²) < 4.78 is 1.73. The summed E-state index contributed by atoms with van der Waals surface area (Å²) in [4.78, 5) is 17.2. The third-order valence-corrected chi connectivity index (χ3v) is 4.94. The summed E-state index contributed by atoms with van der Waals surface area (Å²) in [6.45, 7) is 1.88. The van der Waals surface area contributed by atoms with E-state index in [1.54, 1.807) is 22.8 Å². The SMILES string of the molecule is Cc1cc(=O)n(-c2ccc(C#N)cc2)c(C2C[C@@H]3C[C@@H]3C2)n1. The highest BCUT2D eigenvalue weighted by Crippen LogP contribution is 2.57. The van der Waals surface area contributed by atoms with E-state index in [-0.39, 0.29) is 5.56 Å². The van der Waals surface area contributed by atoms with Gasteiger partial charge in [0.25, 0.3) is 5.56 Å². The molecule has 2 fully saturated rings. The highest BCUT2D eigenvalue weighted by atomic mass is 16.1. The Labute approximate surface area is 129 Å². The van der Waals surface area contributed by atoms with Crippen LogP contribution in [0.25, 0.3) is 5.69 Å². The fourth-order valence-corrected chi connectivity index (χ4v) is 3.76. The van der Waals surface area contributed by atoms with E-state index in [0.717, 1.165) is 41.9 Å². The minimum atomic E-state index is -0.0345. The predicted octanol–water partition coefficient (Wildman–Crippen LogP) is 2.93. The number of benzene rings is 1. The van der Waals surface area contributed by atoms with Gasteiger partial charge in [0, 0.05) is 17.7 Å². The molecule has 4 nitrogen and oxygen atoms in total. The molecule has 0 N–H and O–H groups in total. The van der Waals surface area contributed by atoms with Crippen molar-refractivity contribution in [2.24, 2.45) is 11.8 Å². The van der Waals surface area contributed by atoms with E-state index in [1.807, 2.05) is 19.1 Å². The molecule has 0 saturated heterocycles. The average Bonchev–Trinajstić information content (AvgIpc) is 3.13. The van der Waals surface area contributed by atoms with Crippen molar-refractivity contribution in [1.82, 2.24) is 9.55 Å². The van der Waals surface area contributed by atoms with Crippen LogP contribution in [-0.2, 0) is 0 Å². The van der Waals surface area contributed by atoms with Crippen LogP contribution >= 0.6 is 0 Å². The van der Waals surface area contributed by atoms with Gasteiger partial charge in [0.1, 0.15) is 5.82 Å². The smallest absolute Gasteiger partial charge is 0.258 e. The Bertz CT molecular complexity index is 819. The van der Waals surface area contributed by atoms with Gasteiger partial charge in [-0.15, -0.1) is 0 Å². The third kappa shape index (κ3) is 2.14. The molecule has 0 aliphatic heterocycles. The first-order chi connectivity index (χ1) is 10.7. The van der Waals surface area contributed by atoms with Gasteiger partial charge in [0.15, 0.2) is 0 Å². The van der Waals surface area contributed by atoms with E-state index >= 15 is 0 Å². The summed E-state index contributed by atoms with van der Waals surface area (Å²) in [7, 11) is 0. The van der Waals surface area contributed by atoms with Crippen molar-refractivity contribution >= 4 is 0 Å². The first-order valence-corrected chi connectivity index (χ1v) is 7.77. The van der Waals surface area contributed by atoms with E-state index in [1.165, 1.54) is 6.42 Å². The second kappa shape index (κ2) is 4.81. The fourth-order valence-electron chi connectivity index (χ4n) is 3.76. The maximum absolute atomic E-state index is 12.5. The zero-order valence-electron chi connectivity index (χ0n) is 12.5. The lowest BCUT2D eigenvalue weighted by molar-refractivity contribution is 0.565. The zero-order valence-corrected chi connectivity index (χ0v) is 12.5. The van der Waals surface area contributed by atoms with Crippen molar-refractivity contribution in [3.63, 3.8) is 0 Å². The highest BCUT2D eigenvalue weighted by Gasteiger charge is 2.47. The van der Waals surface area contributed by atoms with Crippen molar-refractivity contribution in [1.29, 1.82) is 5.26 Å². The van der Waals surface area contributed by atoms with E-state index in [2.05, 4.69) is 11.1 Å². The molecule has 2 aliphatic carbocycles. The Kier molecular flexibility index (Phi) is 2.90. The van der Waals surface area contributed by atoms with E-state index in [4.69, 9.17) is 5.26 Å². The summed E-state index contributed by atoms with van der Waals surface area (Å²) in [5.41, 5.74) is 2.14. The van der Waals surface area contributed by atoms with Gasteiger partial charge in [-0.1, -0.05) is 0 Å². The Morgan fingerprint density at radius 2 is 1.86 bits per heavy atom. The lowest BCUT2D eigenvalue weighted by Gasteiger charge is -2.18. The molecular weight excluding hydrogens is 274 g/mol. The van der Waals surface area contributed by atoms with E-state index in [9.17, 15) is 4.79 Å². The lowest BCUT2D eigenvalue weighted by Crippen LogP contribution is -2.25. The Morgan fingerprint density at radius 1 is 1.18 bits per heavy atom. The number of nitriles is 1. The van der Waals surface area contributed by atoms with Crippen molar-refractivity contribution in [3.05, 3.63) is 57.8 Å². The van der Waals surface area contributed by atoms with Crippen LogP contribution in [0.2, 0.25) is 0 Å². The summed E-state index contributed by atoms with van der Waals surface area (Å²) in [6, 6.07) is 10.8. The van der Waals surface area contributed by atoms with Gasteiger partial charge in [0.05, 0.1) is 17.3 Å². The molecule has 0 spiro atoms. The van der Waals surface area contributed by atoms with Crippen molar-refractivity contribution in [3.8, 4) is 11.8 Å². The number of aryl methyl sites for hydroxylation is 1. The quantitative estimate of drug-likeness (QED) is 0.854. The van der Waals surface area contributed by atoms with Crippen LogP contribution in [0.5, 0.6) is 0 Å². The van der Waals surface area contributed by atoms with Crippen molar-refractivity contribution in [2.75, 3.05) is 0 Å². The number of hydrogen-bond acceptors (Lipinski definition) is 3. The maximum atomic E-state index is 12.5. The van der Waals surface area contributed by atoms with E-state index in [0.29, 0.717) is 11.5 Å². The fraction of sp³-hybridized carbons (Fsp3) is 0.389. The summed E-state index contributed by atoms with van der Waals surface area (Å²) in [6.07, 6.45) is 3.65. The van der Waals surface area contributed by atoms with Gasteiger partial charge >= 0.3 is 0 Å². The Balaban J connectivity index is 1.83. The van der Waals surface area contributed by atoms with Crippen LogP contribution in [-0.4, -0.2) is 9.55 Å². The number of rotatable bonds is 2. The number of fused-ring (bicyclic) bond motifs is 1. The van der Waals surface area contributed by atoms with Gasteiger partial charge < -0.3 is 0 Å². The first-order valence-electron chi connectivity index (χ1n) is 7.77. The summed E-state index contributed by atoms with van der Waals surface area (Å²) in [5, 5.41) is 8.92. The molecule has 0 radical (unpaired) electrons. The number of hydrogen-bond donors (Lipinski definition) is 0. The zero-order chi connectivity index (χ0) is 15.3. The van der Waals surface area contributed by atoms with Gasteiger partial charge in [-0.05, 0) is 62.3 Å². The van der Waals surface area contributed by atoms with Crippen molar-refractivity contribution < 1.29 is 0 Å².